The number of rotatable bonds is 15. The van der Waals surface area contributed by atoms with E-state index in [2.05, 4.69) is 72.2 Å². The third-order valence-corrected chi connectivity index (χ3v) is 17.3. The number of nitrogens with one attached hydrogen (secondary N) is 1. The van der Waals surface area contributed by atoms with Gasteiger partial charge in [-0.15, -0.1) is 22.7 Å². The minimum atomic E-state index is -4.12. The second kappa shape index (κ2) is 24.7. The summed E-state index contributed by atoms with van der Waals surface area (Å²) in [6, 6.07) is 33.7. The molecule has 384 valence electrons. The molecule has 0 spiro atoms. The average Bonchev–Trinajstić information content (AvgIpc) is 4.05. The zero-order chi connectivity index (χ0) is 52.6. The van der Waals surface area contributed by atoms with Crippen LogP contribution in [0.5, 0.6) is 5.75 Å². The van der Waals surface area contributed by atoms with Crippen LogP contribution in [-0.4, -0.2) is 52.4 Å². The van der Waals surface area contributed by atoms with Crippen molar-refractivity contribution in [2.24, 2.45) is 0 Å². The van der Waals surface area contributed by atoms with Crippen molar-refractivity contribution in [1.29, 1.82) is 0 Å². The lowest BCUT2D eigenvalue weighted by Gasteiger charge is -2.19. The first-order valence-corrected chi connectivity index (χ1v) is 30.6. The molecule has 2 aliphatic rings. The molecule has 9 rings (SSSR count). The Morgan fingerprint density at radius 1 is 0.781 bits per heavy atom. The molecule has 10 nitrogen and oxygen atoms in total. The van der Waals surface area contributed by atoms with Gasteiger partial charge in [0, 0.05) is 64.0 Å². The summed E-state index contributed by atoms with van der Waals surface area (Å²) in [6.07, 6.45) is 9.01. The Labute approximate surface area is 456 Å². The summed E-state index contributed by atoms with van der Waals surface area (Å²) in [6.45, 7) is 14.2. The van der Waals surface area contributed by atoms with Crippen LogP contribution in [0.4, 0.5) is 11.4 Å². The first-order valence-electron chi connectivity index (χ1n) is 23.6. The van der Waals surface area contributed by atoms with Crippen LogP contribution < -0.4 is 19.3 Å². The van der Waals surface area contributed by atoms with E-state index >= 15 is 0 Å². The number of thiophene rings is 2. The van der Waals surface area contributed by atoms with E-state index in [1.54, 1.807) is 23.1 Å². The SMILES string of the molecule is C=C1Sc2ccc(Cl)cc2N1CCCC.CCC(=Cc1sc2ccc(Cl)cc2c1CC(=O)NS(C)(=O)=O)/C=C1\Oc2ccc(-c3ccccc3)cc2N1CC.Cc1sc2ccc(Cl)cc2c1CCCS(=O)(=O)[O-]. The lowest BCUT2D eigenvalue weighted by atomic mass is 10.0. The normalized spacial score (nSPS) is 13.9. The number of thioether (sulfide) groups is 1. The highest BCUT2D eigenvalue weighted by atomic mass is 35.5. The van der Waals surface area contributed by atoms with E-state index in [0.717, 1.165) is 111 Å². The number of amides is 1. The fourth-order valence-corrected chi connectivity index (χ4v) is 13.1. The van der Waals surface area contributed by atoms with Crippen LogP contribution >= 0.6 is 69.2 Å². The monoisotopic (exact) mass is 1130 g/mol. The van der Waals surface area contributed by atoms with E-state index < -0.39 is 26.0 Å². The van der Waals surface area contributed by atoms with Crippen LogP contribution in [-0.2, 0) is 37.8 Å². The number of halogens is 3. The molecule has 0 saturated heterocycles. The largest absolute Gasteiger partial charge is 0.748 e. The van der Waals surface area contributed by atoms with E-state index in [-0.39, 0.29) is 12.2 Å². The van der Waals surface area contributed by atoms with Crippen molar-refractivity contribution in [2.45, 2.75) is 71.1 Å². The Morgan fingerprint density at radius 3 is 2.08 bits per heavy atom. The number of nitrogens with zero attached hydrogens (tertiary/aromatic N) is 2. The zero-order valence-electron chi connectivity index (χ0n) is 41.0. The second-order valence-corrected chi connectivity index (χ2v) is 25.3. The van der Waals surface area contributed by atoms with Gasteiger partial charge in [0.25, 0.3) is 0 Å². The van der Waals surface area contributed by atoms with Crippen molar-refractivity contribution in [3.8, 4) is 16.9 Å². The number of benzene rings is 5. The van der Waals surface area contributed by atoms with Crippen LogP contribution in [0.15, 0.2) is 137 Å². The summed E-state index contributed by atoms with van der Waals surface area (Å²) >= 11 is 23.2. The fourth-order valence-electron chi connectivity index (χ4n) is 8.40. The molecular formula is C55H55Cl3N3O7S5-. The van der Waals surface area contributed by atoms with Crippen LogP contribution in [0, 0.1) is 6.92 Å². The van der Waals surface area contributed by atoms with E-state index in [1.807, 2.05) is 91.9 Å². The molecule has 0 fully saturated rings. The Bertz CT molecular complexity index is 3460. The molecule has 0 saturated carbocycles. The first-order chi connectivity index (χ1) is 34.7. The second-order valence-electron chi connectivity index (χ2n) is 17.3. The highest BCUT2D eigenvalue weighted by Crippen LogP contribution is 2.46. The number of hydrogen-bond donors (Lipinski definition) is 1. The van der Waals surface area contributed by atoms with Gasteiger partial charge >= 0.3 is 0 Å². The fraction of sp³-hybridized carbons (Fsp3) is 0.255. The molecule has 0 atom stereocenters. The highest BCUT2D eigenvalue weighted by Gasteiger charge is 2.27. The van der Waals surface area contributed by atoms with Crippen molar-refractivity contribution in [3.05, 3.63) is 168 Å². The number of ether oxygens (including phenoxy) is 1. The minimum absolute atomic E-state index is 0.0852. The smallest absolute Gasteiger partial charge is 0.237 e. The van der Waals surface area contributed by atoms with Gasteiger partial charge in [-0.25, -0.2) is 16.8 Å². The Hall–Kier alpha value is -4.81. The third kappa shape index (κ3) is 14.7. The maximum atomic E-state index is 12.6. The maximum absolute atomic E-state index is 12.6. The molecule has 73 heavy (non-hydrogen) atoms. The van der Waals surface area contributed by atoms with Gasteiger partial charge in [0.05, 0.1) is 39.2 Å². The van der Waals surface area contributed by atoms with Gasteiger partial charge in [-0.05, 0) is 151 Å². The molecule has 1 N–H and O–H groups in total. The number of sulfonamides is 1. The predicted molar refractivity (Wildman–Crippen MR) is 309 cm³/mol. The Morgan fingerprint density at radius 2 is 1.44 bits per heavy atom. The minimum Gasteiger partial charge on any atom is -0.748 e. The molecule has 0 radical (unpaired) electrons. The van der Waals surface area contributed by atoms with Crippen molar-refractivity contribution in [1.82, 2.24) is 4.72 Å². The van der Waals surface area contributed by atoms with E-state index in [1.165, 1.54) is 34.8 Å². The standard InChI is InChI=1S/C31H29ClN2O4S2.C12H14ClNS.C12H13ClO3S2/c1-4-20(15-29-25(19-30(35)33-40(3,36)37)24-18-23(32)12-14-28(24)39-29)16-31-34(5-2)26-17-22(11-13-27(26)38-31)21-9-7-6-8-10-21;1-3-4-7-14-9(2)15-12-6-5-10(13)8-11(12)14;1-8-10(3-2-6-18(14,15)16)11-7-9(13)4-5-12(11)17-8/h6-18H,4-5,19H2,1-3H3,(H,33,35);5-6,8H,2-4,7H2,1H3;4-5,7H,2-3,6H2,1H3,(H,14,15,16)/p-1/b20-15?,31-16-;;. The molecule has 0 aliphatic carbocycles. The van der Waals surface area contributed by atoms with Gasteiger partial charge in [0.15, 0.2) is 5.75 Å². The summed E-state index contributed by atoms with van der Waals surface area (Å²) in [7, 11) is -7.79. The molecule has 2 aromatic heterocycles. The molecule has 0 unspecified atom stereocenters. The summed E-state index contributed by atoms with van der Waals surface area (Å²) in [5.41, 5.74) is 7.34. The predicted octanol–water partition coefficient (Wildman–Crippen LogP) is 15.3. The van der Waals surface area contributed by atoms with Gasteiger partial charge in [0.2, 0.25) is 21.8 Å². The number of fused-ring (bicyclic) bond motifs is 4. The number of hydrogen-bond acceptors (Lipinski definition) is 12. The first kappa shape index (κ1) is 55.9. The number of carbonyl (C=O) groups is 1. The summed E-state index contributed by atoms with van der Waals surface area (Å²) in [5.74, 6) is 0.632. The summed E-state index contributed by atoms with van der Waals surface area (Å²) < 4.78 is 65.6. The van der Waals surface area contributed by atoms with Crippen molar-refractivity contribution in [2.75, 3.05) is 34.9 Å². The number of aryl methyl sites for hydroxylation is 2. The van der Waals surface area contributed by atoms with E-state index in [9.17, 15) is 26.2 Å². The number of unbranched alkanes of at least 4 members (excludes halogenated alkanes) is 1. The van der Waals surface area contributed by atoms with Crippen molar-refractivity contribution in [3.63, 3.8) is 0 Å². The van der Waals surface area contributed by atoms with Gasteiger partial charge in [-0.3, -0.25) is 9.52 Å². The molecular weight excluding hydrogens is 1080 g/mol. The summed E-state index contributed by atoms with van der Waals surface area (Å²) in [5, 5.41) is 5.02. The number of carbonyl (C=O) groups excluding carboxylic acids is 1. The van der Waals surface area contributed by atoms with E-state index in [4.69, 9.17) is 39.5 Å². The Kier molecular flexibility index (Phi) is 18.9. The van der Waals surface area contributed by atoms with Gasteiger partial charge in [0.1, 0.15) is 0 Å². The molecule has 2 aliphatic heterocycles. The van der Waals surface area contributed by atoms with Crippen molar-refractivity contribution >= 4 is 133 Å². The molecule has 1 amide bonds. The third-order valence-electron chi connectivity index (χ3n) is 11.9. The van der Waals surface area contributed by atoms with Crippen LogP contribution in [0.25, 0.3) is 37.4 Å². The highest BCUT2D eigenvalue weighted by molar-refractivity contribution is 8.03. The molecule has 0 bridgehead atoms. The molecule has 18 heteroatoms. The van der Waals surface area contributed by atoms with Crippen LogP contribution in [0.2, 0.25) is 15.1 Å². The lowest BCUT2D eigenvalue weighted by molar-refractivity contribution is -0.118. The van der Waals surface area contributed by atoms with Gasteiger partial charge < -0.3 is 19.1 Å². The molecule has 4 heterocycles. The lowest BCUT2D eigenvalue weighted by Crippen LogP contribution is -2.30. The zero-order valence-corrected chi connectivity index (χ0v) is 47.3. The Balaban J connectivity index is 0.000000193. The number of anilines is 2. The average molecular weight is 1140 g/mol. The maximum Gasteiger partial charge on any atom is 0.237 e. The van der Waals surface area contributed by atoms with Crippen molar-refractivity contribution < 1.29 is 30.9 Å². The summed E-state index contributed by atoms with van der Waals surface area (Å²) in [4.78, 5) is 20.3. The van der Waals surface area contributed by atoms with Gasteiger partial charge in [-0.2, -0.15) is 0 Å². The quantitative estimate of drug-likeness (QED) is 0.0988. The van der Waals surface area contributed by atoms with Crippen LogP contribution in [0.1, 0.15) is 67.3 Å². The molecule has 7 aromatic rings. The molecule has 5 aromatic carbocycles. The topological polar surface area (TPSA) is 136 Å². The number of allylic oxidation sites excluding steroid dienone is 2. The van der Waals surface area contributed by atoms with Gasteiger partial charge in [-0.1, -0.05) is 110 Å². The van der Waals surface area contributed by atoms with E-state index in [0.29, 0.717) is 22.9 Å². The van der Waals surface area contributed by atoms with Crippen LogP contribution in [0.3, 0.4) is 0 Å².